The van der Waals surface area contributed by atoms with E-state index in [1.807, 2.05) is 0 Å². The molecule has 1 unspecified atom stereocenters. The molecule has 0 bridgehead atoms. The molecule has 1 aliphatic heterocycles. The predicted octanol–water partition coefficient (Wildman–Crippen LogP) is 2.46. The first-order valence-electron chi connectivity index (χ1n) is 7.49. The third kappa shape index (κ3) is 2.38. The molecule has 0 aromatic carbocycles. The molecular formula is C15H26N2O3. The van der Waals surface area contributed by atoms with Gasteiger partial charge < -0.3 is 15.3 Å². The summed E-state index contributed by atoms with van der Waals surface area (Å²) < 4.78 is 0. The van der Waals surface area contributed by atoms with E-state index in [-0.39, 0.29) is 22.9 Å². The van der Waals surface area contributed by atoms with Crippen molar-refractivity contribution >= 4 is 12.0 Å². The zero-order valence-electron chi connectivity index (χ0n) is 12.9. The highest BCUT2D eigenvalue weighted by atomic mass is 16.4. The Morgan fingerprint density at radius 2 is 1.70 bits per heavy atom. The zero-order chi connectivity index (χ0) is 15.1. The molecule has 2 fully saturated rings. The number of urea groups is 1. The van der Waals surface area contributed by atoms with Gasteiger partial charge in [0.15, 0.2) is 0 Å². The summed E-state index contributed by atoms with van der Waals surface area (Å²) in [6.45, 7) is 9.07. The number of amides is 2. The lowest BCUT2D eigenvalue weighted by atomic mass is 10.0. The second kappa shape index (κ2) is 4.93. The maximum atomic E-state index is 12.4. The molecule has 1 saturated heterocycles. The SMILES string of the molecule is CC1(C)C(NC(=O)N2CCCCCC2C(=O)O)C1(C)C. The smallest absolute Gasteiger partial charge is 0.326 e. The molecule has 20 heavy (non-hydrogen) atoms. The fourth-order valence-electron chi connectivity index (χ4n) is 3.37. The Morgan fingerprint density at radius 1 is 1.10 bits per heavy atom. The monoisotopic (exact) mass is 282 g/mol. The minimum atomic E-state index is -0.892. The molecule has 2 N–H and O–H groups in total. The molecule has 5 nitrogen and oxygen atoms in total. The normalized spacial score (nSPS) is 28.6. The van der Waals surface area contributed by atoms with E-state index in [1.165, 1.54) is 4.90 Å². The lowest BCUT2D eigenvalue weighted by Gasteiger charge is -2.27. The quantitative estimate of drug-likeness (QED) is 0.817. The summed E-state index contributed by atoms with van der Waals surface area (Å²) in [6.07, 6.45) is 3.31. The Labute approximate surface area is 120 Å². The van der Waals surface area contributed by atoms with E-state index in [9.17, 15) is 14.7 Å². The van der Waals surface area contributed by atoms with Gasteiger partial charge in [-0.15, -0.1) is 0 Å². The molecule has 0 radical (unpaired) electrons. The summed E-state index contributed by atoms with van der Waals surface area (Å²) in [6, 6.07) is -0.786. The number of hydrogen-bond acceptors (Lipinski definition) is 2. The molecule has 1 atom stereocenters. The van der Waals surface area contributed by atoms with E-state index >= 15 is 0 Å². The van der Waals surface area contributed by atoms with Gasteiger partial charge >= 0.3 is 12.0 Å². The van der Waals surface area contributed by atoms with E-state index in [0.29, 0.717) is 13.0 Å². The minimum absolute atomic E-state index is 0.0627. The van der Waals surface area contributed by atoms with Crippen molar-refractivity contribution in [2.75, 3.05) is 6.54 Å². The number of hydrogen-bond donors (Lipinski definition) is 2. The number of rotatable bonds is 2. The molecule has 0 aromatic rings. The van der Waals surface area contributed by atoms with E-state index < -0.39 is 12.0 Å². The Morgan fingerprint density at radius 3 is 2.20 bits per heavy atom. The summed E-state index contributed by atoms with van der Waals surface area (Å²) in [5.74, 6) is -0.892. The molecule has 2 amide bonds. The lowest BCUT2D eigenvalue weighted by Crippen LogP contribution is -2.50. The third-order valence-corrected chi connectivity index (χ3v) is 5.59. The largest absolute Gasteiger partial charge is 0.480 e. The molecule has 0 spiro atoms. The van der Waals surface area contributed by atoms with Crippen molar-refractivity contribution < 1.29 is 14.7 Å². The number of carboxylic acids is 1. The van der Waals surface area contributed by atoms with Crippen LogP contribution in [0.2, 0.25) is 0 Å². The van der Waals surface area contributed by atoms with Crippen LogP contribution in [0.3, 0.4) is 0 Å². The average molecular weight is 282 g/mol. The maximum absolute atomic E-state index is 12.4. The van der Waals surface area contributed by atoms with Crippen LogP contribution in [0, 0.1) is 10.8 Å². The van der Waals surface area contributed by atoms with Gasteiger partial charge in [-0.3, -0.25) is 0 Å². The number of nitrogens with one attached hydrogen (secondary N) is 1. The number of carboxylic acid groups (broad SMARTS) is 1. The van der Waals surface area contributed by atoms with Crippen LogP contribution >= 0.6 is 0 Å². The molecule has 114 valence electrons. The molecule has 2 aliphatic rings. The van der Waals surface area contributed by atoms with Gasteiger partial charge in [0, 0.05) is 12.6 Å². The number of likely N-dealkylation sites (tertiary alicyclic amines) is 1. The van der Waals surface area contributed by atoms with Crippen LogP contribution in [0.1, 0.15) is 53.4 Å². The summed E-state index contributed by atoms with van der Waals surface area (Å²) in [5, 5.41) is 12.4. The van der Waals surface area contributed by atoms with Crippen molar-refractivity contribution in [2.45, 2.75) is 65.5 Å². The fourth-order valence-corrected chi connectivity index (χ4v) is 3.37. The number of carbonyl (C=O) groups is 2. The second-order valence-electron chi connectivity index (χ2n) is 7.22. The Balaban J connectivity index is 2.05. The molecule has 1 heterocycles. The first kappa shape index (κ1) is 15.1. The van der Waals surface area contributed by atoms with E-state index in [4.69, 9.17) is 0 Å². The fraction of sp³-hybridized carbons (Fsp3) is 0.867. The highest BCUT2D eigenvalue weighted by Crippen LogP contribution is 2.62. The summed E-state index contributed by atoms with van der Waals surface area (Å²) in [7, 11) is 0. The van der Waals surface area contributed by atoms with Gasteiger partial charge in [0.05, 0.1) is 0 Å². The van der Waals surface area contributed by atoms with Crippen LogP contribution in [0.15, 0.2) is 0 Å². The number of nitrogens with zero attached hydrogens (tertiary/aromatic N) is 1. The van der Waals surface area contributed by atoms with Gasteiger partial charge in [-0.2, -0.15) is 0 Å². The first-order chi connectivity index (χ1) is 9.19. The number of carbonyl (C=O) groups excluding carboxylic acids is 1. The van der Waals surface area contributed by atoms with Crippen molar-refractivity contribution in [3.05, 3.63) is 0 Å². The molecule has 5 heteroatoms. The van der Waals surface area contributed by atoms with Crippen molar-refractivity contribution in [3.63, 3.8) is 0 Å². The predicted molar refractivity (Wildman–Crippen MR) is 76.5 cm³/mol. The van der Waals surface area contributed by atoms with Crippen molar-refractivity contribution in [1.82, 2.24) is 10.2 Å². The second-order valence-corrected chi connectivity index (χ2v) is 7.22. The standard InChI is InChI=1S/C15H26N2O3/c1-14(2)12(15(14,3)4)16-13(20)17-9-7-5-6-8-10(17)11(18)19/h10,12H,5-9H2,1-4H3,(H,16,20)(H,18,19). The van der Waals surface area contributed by atoms with Crippen LogP contribution in [0.5, 0.6) is 0 Å². The first-order valence-corrected chi connectivity index (χ1v) is 7.49. The van der Waals surface area contributed by atoms with E-state index in [2.05, 4.69) is 33.0 Å². The summed E-state index contributed by atoms with van der Waals surface area (Å²) >= 11 is 0. The maximum Gasteiger partial charge on any atom is 0.326 e. The van der Waals surface area contributed by atoms with Crippen molar-refractivity contribution in [2.24, 2.45) is 10.8 Å². The van der Waals surface area contributed by atoms with Gasteiger partial charge in [0.2, 0.25) is 0 Å². The minimum Gasteiger partial charge on any atom is -0.480 e. The Hall–Kier alpha value is -1.26. The molecular weight excluding hydrogens is 256 g/mol. The molecule has 2 rings (SSSR count). The highest BCUT2D eigenvalue weighted by Gasteiger charge is 2.65. The molecule has 1 saturated carbocycles. The van der Waals surface area contributed by atoms with E-state index in [0.717, 1.165) is 19.3 Å². The van der Waals surface area contributed by atoms with Crippen LogP contribution in [-0.2, 0) is 4.79 Å². The highest BCUT2D eigenvalue weighted by molar-refractivity contribution is 5.83. The summed E-state index contributed by atoms with van der Waals surface area (Å²) in [4.78, 5) is 25.3. The van der Waals surface area contributed by atoms with Gasteiger partial charge in [0.25, 0.3) is 0 Å². The van der Waals surface area contributed by atoms with Crippen molar-refractivity contribution in [3.8, 4) is 0 Å². The van der Waals surface area contributed by atoms with Gasteiger partial charge in [-0.05, 0) is 23.7 Å². The third-order valence-electron chi connectivity index (χ3n) is 5.59. The summed E-state index contributed by atoms with van der Waals surface area (Å²) in [5.41, 5.74) is 0.125. The van der Waals surface area contributed by atoms with Crippen LogP contribution in [0.4, 0.5) is 4.79 Å². The van der Waals surface area contributed by atoms with Crippen LogP contribution in [-0.4, -0.2) is 40.6 Å². The lowest BCUT2D eigenvalue weighted by molar-refractivity contribution is -0.142. The zero-order valence-corrected chi connectivity index (χ0v) is 12.9. The topological polar surface area (TPSA) is 69.6 Å². The number of aliphatic carboxylic acids is 1. The average Bonchev–Trinajstić information content (AvgIpc) is 2.87. The Kier molecular flexibility index (Phi) is 3.73. The van der Waals surface area contributed by atoms with Crippen LogP contribution in [0.25, 0.3) is 0 Å². The van der Waals surface area contributed by atoms with Gasteiger partial charge in [-0.25, -0.2) is 9.59 Å². The van der Waals surface area contributed by atoms with Crippen molar-refractivity contribution in [1.29, 1.82) is 0 Å². The van der Waals surface area contributed by atoms with Gasteiger partial charge in [0.1, 0.15) is 6.04 Å². The van der Waals surface area contributed by atoms with Gasteiger partial charge in [-0.1, -0.05) is 40.5 Å². The molecule has 1 aliphatic carbocycles. The Bertz CT molecular complexity index is 403. The van der Waals surface area contributed by atoms with E-state index in [1.54, 1.807) is 0 Å². The molecule has 0 aromatic heterocycles. The van der Waals surface area contributed by atoms with Crippen LogP contribution < -0.4 is 5.32 Å².